The lowest BCUT2D eigenvalue weighted by Crippen LogP contribution is -2.06. The maximum Gasteiger partial charge on any atom is 0.416 e. The summed E-state index contributed by atoms with van der Waals surface area (Å²) in [6, 6.07) is 6.70. The monoisotopic (exact) mass is 365 g/mol. The molecule has 0 radical (unpaired) electrons. The van der Waals surface area contributed by atoms with Crippen LogP contribution < -0.4 is 4.74 Å². The summed E-state index contributed by atoms with van der Waals surface area (Å²) in [5, 5.41) is -0.274. The summed E-state index contributed by atoms with van der Waals surface area (Å²) in [6.07, 6.45) is -4.50. The zero-order valence-electron chi connectivity index (χ0n) is 10.1. The number of pyridine rings is 1. The molecule has 0 aliphatic rings. The van der Waals surface area contributed by atoms with E-state index in [0.717, 1.165) is 22.2 Å². The molecule has 0 bridgehead atoms. The molecule has 2 nitrogen and oxygen atoms in total. The highest BCUT2D eigenvalue weighted by Gasteiger charge is 2.31. The molecule has 0 saturated carbocycles. The molecule has 0 aliphatic heterocycles. The van der Waals surface area contributed by atoms with Crippen LogP contribution in [0.4, 0.5) is 13.2 Å². The van der Waals surface area contributed by atoms with Gasteiger partial charge in [0.2, 0.25) is 5.88 Å². The molecule has 0 unspecified atom stereocenters. The van der Waals surface area contributed by atoms with Crippen molar-refractivity contribution in [2.24, 2.45) is 0 Å². The van der Waals surface area contributed by atoms with Crippen molar-refractivity contribution in [3.05, 3.63) is 51.1 Å². The normalized spacial score (nSPS) is 11.5. The number of halogens is 5. The van der Waals surface area contributed by atoms with Crippen LogP contribution in [0, 0.1) is 6.92 Å². The highest BCUT2D eigenvalue weighted by atomic mass is 79.9. The van der Waals surface area contributed by atoms with Gasteiger partial charge in [-0.05, 0) is 36.8 Å². The van der Waals surface area contributed by atoms with E-state index in [-0.39, 0.29) is 11.0 Å². The van der Waals surface area contributed by atoms with Gasteiger partial charge in [-0.2, -0.15) is 13.2 Å². The number of aryl methyl sites for hydroxylation is 1. The first-order valence-corrected chi connectivity index (χ1v) is 6.61. The Balaban J connectivity index is 2.36. The van der Waals surface area contributed by atoms with Gasteiger partial charge in [-0.1, -0.05) is 27.5 Å². The standard InChI is InChI=1S/C13H8BrClF3NO/c1-7-4-9(14)2-3-10(7)20-12-6-8(13(16,17)18)5-11(15)19-12/h2-6H,1H3. The van der Waals surface area contributed by atoms with Crippen molar-refractivity contribution in [1.82, 2.24) is 4.98 Å². The number of alkyl halides is 3. The van der Waals surface area contributed by atoms with Gasteiger partial charge < -0.3 is 4.74 Å². The van der Waals surface area contributed by atoms with Crippen LogP contribution in [-0.4, -0.2) is 4.98 Å². The Bertz CT molecular complexity index is 646. The van der Waals surface area contributed by atoms with Crippen molar-refractivity contribution in [1.29, 1.82) is 0 Å². The molecule has 2 aromatic rings. The summed E-state index contributed by atoms with van der Waals surface area (Å²) < 4.78 is 44.2. The van der Waals surface area contributed by atoms with Crippen molar-refractivity contribution >= 4 is 27.5 Å². The first-order valence-electron chi connectivity index (χ1n) is 5.44. The summed E-state index contributed by atoms with van der Waals surface area (Å²) in [7, 11) is 0. The zero-order chi connectivity index (χ0) is 14.9. The smallest absolute Gasteiger partial charge is 0.416 e. The first-order chi connectivity index (χ1) is 9.25. The molecule has 0 atom stereocenters. The highest BCUT2D eigenvalue weighted by molar-refractivity contribution is 9.10. The van der Waals surface area contributed by atoms with E-state index in [1.807, 2.05) is 0 Å². The second-order valence-corrected chi connectivity index (χ2v) is 5.33. The van der Waals surface area contributed by atoms with Gasteiger partial charge in [-0.3, -0.25) is 0 Å². The van der Waals surface area contributed by atoms with Gasteiger partial charge in [0.15, 0.2) is 0 Å². The Hall–Kier alpha value is -1.27. The van der Waals surface area contributed by atoms with Gasteiger partial charge in [0, 0.05) is 10.5 Å². The largest absolute Gasteiger partial charge is 0.439 e. The lowest BCUT2D eigenvalue weighted by molar-refractivity contribution is -0.137. The van der Waals surface area contributed by atoms with Crippen LogP contribution in [0.5, 0.6) is 11.6 Å². The SMILES string of the molecule is Cc1cc(Br)ccc1Oc1cc(C(F)(F)F)cc(Cl)n1. The molecule has 7 heteroatoms. The van der Waals surface area contributed by atoms with Gasteiger partial charge >= 0.3 is 6.18 Å². The number of nitrogens with zero attached hydrogens (tertiary/aromatic N) is 1. The van der Waals surface area contributed by atoms with Crippen LogP contribution >= 0.6 is 27.5 Å². The molecular weight excluding hydrogens is 359 g/mol. The molecule has 106 valence electrons. The maximum atomic E-state index is 12.7. The fraction of sp³-hybridized carbons (Fsp3) is 0.154. The van der Waals surface area contributed by atoms with Crippen molar-refractivity contribution < 1.29 is 17.9 Å². The van der Waals surface area contributed by atoms with Crippen LogP contribution in [0.3, 0.4) is 0 Å². The van der Waals surface area contributed by atoms with Gasteiger partial charge in [-0.15, -0.1) is 0 Å². The second kappa shape index (κ2) is 5.61. The Labute approximate surface area is 126 Å². The molecule has 1 heterocycles. The van der Waals surface area contributed by atoms with Gasteiger partial charge in [-0.25, -0.2) is 4.98 Å². The van der Waals surface area contributed by atoms with Crippen molar-refractivity contribution in [3.8, 4) is 11.6 Å². The third-order valence-electron chi connectivity index (χ3n) is 2.45. The van der Waals surface area contributed by atoms with Crippen LogP contribution in [0.15, 0.2) is 34.8 Å². The Morgan fingerprint density at radius 2 is 1.90 bits per heavy atom. The van der Waals surface area contributed by atoms with Crippen LogP contribution in [-0.2, 0) is 6.18 Å². The van der Waals surface area contributed by atoms with E-state index in [2.05, 4.69) is 20.9 Å². The van der Waals surface area contributed by atoms with E-state index in [1.54, 1.807) is 25.1 Å². The highest BCUT2D eigenvalue weighted by Crippen LogP contribution is 2.34. The molecule has 20 heavy (non-hydrogen) atoms. The average Bonchev–Trinajstić information content (AvgIpc) is 2.31. The molecule has 2 rings (SSSR count). The first kappa shape index (κ1) is 15.1. The van der Waals surface area contributed by atoms with Gasteiger partial charge in [0.25, 0.3) is 0 Å². The molecule has 0 N–H and O–H groups in total. The van der Waals surface area contributed by atoms with Crippen LogP contribution in [0.2, 0.25) is 5.15 Å². The van der Waals surface area contributed by atoms with E-state index in [9.17, 15) is 13.2 Å². The maximum absolute atomic E-state index is 12.7. The topological polar surface area (TPSA) is 22.1 Å². The third kappa shape index (κ3) is 3.64. The zero-order valence-corrected chi connectivity index (χ0v) is 12.5. The van der Waals surface area contributed by atoms with Crippen LogP contribution in [0.1, 0.15) is 11.1 Å². The number of hydrogen-bond acceptors (Lipinski definition) is 2. The summed E-state index contributed by atoms with van der Waals surface area (Å²) in [6.45, 7) is 1.77. The molecule has 1 aromatic carbocycles. The van der Waals surface area contributed by atoms with Crippen molar-refractivity contribution in [2.75, 3.05) is 0 Å². The van der Waals surface area contributed by atoms with E-state index >= 15 is 0 Å². The Morgan fingerprint density at radius 1 is 1.20 bits per heavy atom. The fourth-order valence-electron chi connectivity index (χ4n) is 1.53. The van der Waals surface area contributed by atoms with E-state index in [1.165, 1.54) is 0 Å². The number of benzene rings is 1. The number of aromatic nitrogens is 1. The van der Waals surface area contributed by atoms with E-state index in [0.29, 0.717) is 5.75 Å². The van der Waals surface area contributed by atoms with Gasteiger partial charge in [0.1, 0.15) is 10.9 Å². The fourth-order valence-corrected chi connectivity index (χ4v) is 2.21. The Kier molecular flexibility index (Phi) is 4.25. The molecule has 0 amide bonds. The van der Waals surface area contributed by atoms with Crippen molar-refractivity contribution in [2.45, 2.75) is 13.1 Å². The molecule has 0 saturated heterocycles. The summed E-state index contributed by atoms with van der Waals surface area (Å²) in [5.41, 5.74) is -0.142. The lowest BCUT2D eigenvalue weighted by Gasteiger charge is -2.11. The quantitative estimate of drug-likeness (QED) is 0.644. The number of ether oxygens (including phenoxy) is 1. The number of hydrogen-bond donors (Lipinski definition) is 0. The van der Waals surface area contributed by atoms with Crippen molar-refractivity contribution in [3.63, 3.8) is 0 Å². The minimum atomic E-state index is -4.50. The summed E-state index contributed by atoms with van der Waals surface area (Å²) >= 11 is 8.88. The third-order valence-corrected chi connectivity index (χ3v) is 3.14. The molecular formula is C13H8BrClF3NO. The van der Waals surface area contributed by atoms with Gasteiger partial charge in [0.05, 0.1) is 5.56 Å². The lowest BCUT2D eigenvalue weighted by atomic mass is 10.2. The minimum Gasteiger partial charge on any atom is -0.439 e. The summed E-state index contributed by atoms with van der Waals surface area (Å²) in [5.74, 6) is 0.214. The van der Waals surface area contributed by atoms with E-state index < -0.39 is 11.7 Å². The van der Waals surface area contributed by atoms with Crippen LogP contribution in [0.25, 0.3) is 0 Å². The summed E-state index contributed by atoms with van der Waals surface area (Å²) in [4.78, 5) is 3.74. The molecule has 1 aromatic heterocycles. The average molecular weight is 367 g/mol. The second-order valence-electron chi connectivity index (χ2n) is 4.03. The predicted molar refractivity (Wildman–Crippen MR) is 73.2 cm³/mol. The minimum absolute atomic E-state index is 0.199. The molecule has 0 spiro atoms. The van der Waals surface area contributed by atoms with E-state index in [4.69, 9.17) is 16.3 Å². The number of rotatable bonds is 2. The Morgan fingerprint density at radius 3 is 2.50 bits per heavy atom. The molecule has 0 fully saturated rings. The molecule has 0 aliphatic carbocycles. The predicted octanol–water partition coefficient (Wildman–Crippen LogP) is 5.62.